The first kappa shape index (κ1) is 11.2. The second-order valence-electron chi connectivity index (χ2n) is 4.42. The van der Waals surface area contributed by atoms with E-state index in [4.69, 9.17) is 5.26 Å². The predicted octanol–water partition coefficient (Wildman–Crippen LogP) is 3.36. The van der Waals surface area contributed by atoms with Crippen LogP contribution in [-0.2, 0) is 0 Å². The lowest BCUT2D eigenvalue weighted by molar-refractivity contribution is 0.714. The van der Waals surface area contributed by atoms with Gasteiger partial charge in [-0.2, -0.15) is 16.6 Å². The number of hydrogen-bond acceptors (Lipinski definition) is 4. The van der Waals surface area contributed by atoms with Crippen LogP contribution in [0.15, 0.2) is 35.2 Å². The molecule has 3 rings (SSSR count). The summed E-state index contributed by atoms with van der Waals surface area (Å²) in [5.74, 6) is 0.975. The SMILES string of the molecule is N#Cc1ccc(N2CCC[C@@H]2c2ccsc2)nc1. The molecule has 1 atom stereocenters. The first-order valence-corrected chi connectivity index (χ1v) is 6.97. The van der Waals surface area contributed by atoms with Gasteiger partial charge in [-0.25, -0.2) is 4.98 Å². The highest BCUT2D eigenvalue weighted by Crippen LogP contribution is 2.35. The Bertz CT molecular complexity index is 554. The van der Waals surface area contributed by atoms with E-state index >= 15 is 0 Å². The zero-order chi connectivity index (χ0) is 12.4. The molecule has 0 spiro atoms. The van der Waals surface area contributed by atoms with E-state index in [1.807, 2.05) is 12.1 Å². The van der Waals surface area contributed by atoms with E-state index in [1.165, 1.54) is 18.4 Å². The van der Waals surface area contributed by atoms with Crippen molar-refractivity contribution in [3.63, 3.8) is 0 Å². The molecule has 0 bridgehead atoms. The summed E-state index contributed by atoms with van der Waals surface area (Å²) in [7, 11) is 0. The van der Waals surface area contributed by atoms with Crippen LogP contribution in [0.4, 0.5) is 5.82 Å². The third kappa shape index (κ3) is 1.98. The molecular formula is C14H13N3S. The van der Waals surface area contributed by atoms with Crippen molar-refractivity contribution in [2.24, 2.45) is 0 Å². The maximum absolute atomic E-state index is 8.79. The fourth-order valence-electron chi connectivity index (χ4n) is 2.47. The number of nitrogens with zero attached hydrogens (tertiary/aromatic N) is 3. The average Bonchev–Trinajstić information content (AvgIpc) is 3.09. The predicted molar refractivity (Wildman–Crippen MR) is 72.6 cm³/mol. The van der Waals surface area contributed by atoms with Crippen molar-refractivity contribution in [2.75, 3.05) is 11.4 Å². The molecule has 3 heterocycles. The molecule has 0 aliphatic carbocycles. The minimum absolute atomic E-state index is 0.441. The van der Waals surface area contributed by atoms with Crippen molar-refractivity contribution in [3.05, 3.63) is 46.3 Å². The van der Waals surface area contributed by atoms with E-state index in [0.29, 0.717) is 11.6 Å². The monoisotopic (exact) mass is 255 g/mol. The Morgan fingerprint density at radius 2 is 2.33 bits per heavy atom. The first-order valence-electron chi connectivity index (χ1n) is 6.03. The Kier molecular flexibility index (Phi) is 2.99. The van der Waals surface area contributed by atoms with Gasteiger partial charge in [-0.3, -0.25) is 0 Å². The van der Waals surface area contributed by atoms with Crippen LogP contribution in [-0.4, -0.2) is 11.5 Å². The third-order valence-corrected chi connectivity index (χ3v) is 4.05. The average molecular weight is 255 g/mol. The molecule has 1 saturated heterocycles. The summed E-state index contributed by atoms with van der Waals surface area (Å²) in [6.45, 7) is 1.04. The van der Waals surface area contributed by atoms with E-state index in [9.17, 15) is 0 Å². The van der Waals surface area contributed by atoms with Crippen molar-refractivity contribution in [3.8, 4) is 6.07 Å². The molecule has 18 heavy (non-hydrogen) atoms. The number of pyridine rings is 1. The highest BCUT2D eigenvalue weighted by atomic mass is 32.1. The minimum Gasteiger partial charge on any atom is -0.350 e. The van der Waals surface area contributed by atoms with E-state index in [1.54, 1.807) is 17.5 Å². The van der Waals surface area contributed by atoms with Crippen LogP contribution >= 0.6 is 11.3 Å². The summed E-state index contributed by atoms with van der Waals surface area (Å²) in [4.78, 5) is 6.73. The van der Waals surface area contributed by atoms with Crippen molar-refractivity contribution >= 4 is 17.2 Å². The summed E-state index contributed by atoms with van der Waals surface area (Å²) < 4.78 is 0. The molecule has 0 aromatic carbocycles. The molecule has 0 N–H and O–H groups in total. The number of aromatic nitrogens is 1. The Labute approximate surface area is 110 Å². The number of anilines is 1. The van der Waals surface area contributed by atoms with Crippen LogP contribution in [0.1, 0.15) is 30.0 Å². The molecule has 2 aromatic rings. The van der Waals surface area contributed by atoms with Gasteiger partial charge in [0.1, 0.15) is 11.9 Å². The zero-order valence-electron chi connectivity index (χ0n) is 9.91. The van der Waals surface area contributed by atoms with E-state index in [0.717, 1.165) is 12.4 Å². The lowest BCUT2D eigenvalue weighted by atomic mass is 10.1. The molecule has 90 valence electrons. The van der Waals surface area contributed by atoms with Gasteiger partial charge in [0, 0.05) is 12.7 Å². The second-order valence-corrected chi connectivity index (χ2v) is 5.21. The fourth-order valence-corrected chi connectivity index (χ4v) is 3.18. The smallest absolute Gasteiger partial charge is 0.129 e. The summed E-state index contributed by atoms with van der Waals surface area (Å²) in [5, 5.41) is 13.1. The third-order valence-electron chi connectivity index (χ3n) is 3.35. The minimum atomic E-state index is 0.441. The number of hydrogen-bond donors (Lipinski definition) is 0. The highest BCUT2D eigenvalue weighted by molar-refractivity contribution is 7.08. The fraction of sp³-hybridized carbons (Fsp3) is 0.286. The summed E-state index contributed by atoms with van der Waals surface area (Å²) in [6.07, 6.45) is 4.03. The van der Waals surface area contributed by atoms with E-state index < -0.39 is 0 Å². The van der Waals surface area contributed by atoms with Gasteiger partial charge in [-0.05, 0) is 47.4 Å². The standard InChI is InChI=1S/C14H13N3S/c15-8-11-3-4-14(16-9-11)17-6-1-2-13(17)12-5-7-18-10-12/h3-5,7,9-10,13H,1-2,6H2/t13-/m1/s1. The molecule has 1 aliphatic heterocycles. The topological polar surface area (TPSA) is 39.9 Å². The van der Waals surface area contributed by atoms with Crippen LogP contribution in [0.5, 0.6) is 0 Å². The Morgan fingerprint density at radius 3 is 3.00 bits per heavy atom. The second kappa shape index (κ2) is 4.79. The van der Waals surface area contributed by atoms with E-state index in [-0.39, 0.29) is 0 Å². The molecular weight excluding hydrogens is 242 g/mol. The van der Waals surface area contributed by atoms with Gasteiger partial charge in [0.05, 0.1) is 11.6 Å². The molecule has 0 amide bonds. The number of rotatable bonds is 2. The molecule has 4 heteroatoms. The largest absolute Gasteiger partial charge is 0.350 e. The van der Waals surface area contributed by atoms with Crippen molar-refractivity contribution in [2.45, 2.75) is 18.9 Å². The number of nitriles is 1. The molecule has 1 aliphatic rings. The normalized spacial score (nSPS) is 18.8. The lowest BCUT2D eigenvalue weighted by Crippen LogP contribution is -2.23. The molecule has 2 aromatic heterocycles. The van der Waals surface area contributed by atoms with Crippen LogP contribution in [0.25, 0.3) is 0 Å². The quantitative estimate of drug-likeness (QED) is 0.826. The highest BCUT2D eigenvalue weighted by Gasteiger charge is 2.27. The summed E-state index contributed by atoms with van der Waals surface area (Å²) in [6, 6.07) is 8.52. The van der Waals surface area contributed by atoms with Crippen molar-refractivity contribution < 1.29 is 0 Å². The molecule has 0 radical (unpaired) electrons. The Balaban J connectivity index is 1.88. The molecule has 0 unspecified atom stereocenters. The van der Waals surface area contributed by atoms with Crippen LogP contribution < -0.4 is 4.90 Å². The Hall–Kier alpha value is -1.86. The van der Waals surface area contributed by atoms with Gasteiger partial charge in [0.15, 0.2) is 0 Å². The van der Waals surface area contributed by atoms with Gasteiger partial charge in [-0.1, -0.05) is 0 Å². The van der Waals surface area contributed by atoms with Gasteiger partial charge in [0.2, 0.25) is 0 Å². The van der Waals surface area contributed by atoms with Gasteiger partial charge >= 0.3 is 0 Å². The molecule has 1 fully saturated rings. The lowest BCUT2D eigenvalue weighted by Gasteiger charge is -2.25. The van der Waals surface area contributed by atoms with Gasteiger partial charge < -0.3 is 4.90 Å². The Morgan fingerprint density at radius 1 is 1.39 bits per heavy atom. The number of thiophene rings is 1. The van der Waals surface area contributed by atoms with Crippen LogP contribution in [0, 0.1) is 11.3 Å². The summed E-state index contributed by atoms with van der Waals surface area (Å²) >= 11 is 1.74. The van der Waals surface area contributed by atoms with Crippen molar-refractivity contribution in [1.29, 1.82) is 5.26 Å². The van der Waals surface area contributed by atoms with Crippen LogP contribution in [0.2, 0.25) is 0 Å². The zero-order valence-corrected chi connectivity index (χ0v) is 10.7. The van der Waals surface area contributed by atoms with Gasteiger partial charge in [-0.15, -0.1) is 0 Å². The maximum Gasteiger partial charge on any atom is 0.129 e. The van der Waals surface area contributed by atoms with Gasteiger partial charge in [0.25, 0.3) is 0 Å². The molecule has 3 nitrogen and oxygen atoms in total. The maximum atomic E-state index is 8.79. The van der Waals surface area contributed by atoms with Crippen LogP contribution in [0.3, 0.4) is 0 Å². The summed E-state index contributed by atoms with van der Waals surface area (Å²) in [5.41, 5.74) is 1.99. The van der Waals surface area contributed by atoms with Crippen molar-refractivity contribution in [1.82, 2.24) is 4.98 Å². The van der Waals surface area contributed by atoms with E-state index in [2.05, 4.69) is 32.8 Å². The first-order chi connectivity index (χ1) is 8.88. The molecule has 0 saturated carbocycles.